The zero-order valence-electron chi connectivity index (χ0n) is 15.5. The van der Waals surface area contributed by atoms with E-state index in [-0.39, 0.29) is 18.3 Å². The second-order valence-corrected chi connectivity index (χ2v) is 7.55. The van der Waals surface area contributed by atoms with Crippen molar-refractivity contribution in [1.82, 2.24) is 10.2 Å². The van der Waals surface area contributed by atoms with Gasteiger partial charge in [0, 0.05) is 18.1 Å². The number of carbonyl (C=O) groups is 2. The molecule has 1 unspecified atom stereocenters. The normalized spacial score (nSPS) is 15.2. The van der Waals surface area contributed by atoms with E-state index < -0.39 is 11.9 Å². The van der Waals surface area contributed by atoms with E-state index in [4.69, 9.17) is 32.4 Å². The molecule has 1 aromatic heterocycles. The molecule has 1 aliphatic heterocycles. The number of furan rings is 1. The predicted octanol–water partition coefficient (Wildman–Crippen LogP) is 4.30. The monoisotopic (exact) mass is 424 g/mol. The number of hydrogen-bond acceptors (Lipinski definition) is 4. The number of halogens is 2. The average Bonchev–Trinajstić information content (AvgIpc) is 3.16. The molecule has 2 heterocycles. The summed E-state index contributed by atoms with van der Waals surface area (Å²) in [6.45, 7) is 3.28. The van der Waals surface area contributed by atoms with Crippen LogP contribution in [0.1, 0.15) is 42.5 Å². The van der Waals surface area contributed by atoms with Crippen molar-refractivity contribution in [3.8, 4) is 5.75 Å². The van der Waals surface area contributed by atoms with E-state index in [1.807, 2.05) is 0 Å². The molecule has 2 amide bonds. The molecule has 1 saturated heterocycles. The van der Waals surface area contributed by atoms with Crippen LogP contribution in [0.4, 0.5) is 0 Å². The lowest BCUT2D eigenvalue weighted by Crippen LogP contribution is -2.48. The summed E-state index contributed by atoms with van der Waals surface area (Å²) in [5, 5.41) is 3.60. The molecule has 150 valence electrons. The Morgan fingerprint density at radius 3 is 2.64 bits per heavy atom. The summed E-state index contributed by atoms with van der Waals surface area (Å²) in [5.74, 6) is 0.550. The maximum Gasteiger partial charge on any atom is 0.287 e. The molecule has 28 heavy (non-hydrogen) atoms. The SMILES string of the molecule is CC(NC(=O)c1ccc(COc2ccc(Cl)cc2Cl)o1)C(=O)N1CCCCC1. The van der Waals surface area contributed by atoms with Gasteiger partial charge in [0.1, 0.15) is 24.2 Å². The summed E-state index contributed by atoms with van der Waals surface area (Å²) < 4.78 is 11.1. The molecule has 0 aliphatic carbocycles. The molecule has 3 rings (SSSR count). The zero-order chi connectivity index (χ0) is 20.1. The second-order valence-electron chi connectivity index (χ2n) is 6.71. The summed E-state index contributed by atoms with van der Waals surface area (Å²) >= 11 is 11.9. The number of nitrogens with one attached hydrogen (secondary N) is 1. The lowest BCUT2D eigenvalue weighted by molar-refractivity contribution is -0.133. The fraction of sp³-hybridized carbons (Fsp3) is 0.400. The highest BCUT2D eigenvalue weighted by molar-refractivity contribution is 6.35. The van der Waals surface area contributed by atoms with Crippen LogP contribution in [0.25, 0.3) is 0 Å². The Hall–Kier alpha value is -2.18. The predicted molar refractivity (Wildman–Crippen MR) is 107 cm³/mol. The number of carbonyl (C=O) groups excluding carboxylic acids is 2. The van der Waals surface area contributed by atoms with Gasteiger partial charge in [0.05, 0.1) is 5.02 Å². The van der Waals surface area contributed by atoms with Gasteiger partial charge < -0.3 is 19.4 Å². The third-order valence-electron chi connectivity index (χ3n) is 4.54. The van der Waals surface area contributed by atoms with E-state index in [1.54, 1.807) is 42.2 Å². The van der Waals surface area contributed by atoms with Crippen molar-refractivity contribution >= 4 is 35.0 Å². The van der Waals surface area contributed by atoms with Gasteiger partial charge in [-0.25, -0.2) is 0 Å². The maximum absolute atomic E-state index is 12.4. The van der Waals surface area contributed by atoms with Gasteiger partial charge in [-0.05, 0) is 56.5 Å². The van der Waals surface area contributed by atoms with Crippen LogP contribution >= 0.6 is 23.2 Å². The smallest absolute Gasteiger partial charge is 0.287 e. The summed E-state index contributed by atoms with van der Waals surface area (Å²) in [5.41, 5.74) is 0. The first-order chi connectivity index (χ1) is 13.4. The number of nitrogens with zero attached hydrogens (tertiary/aromatic N) is 1. The van der Waals surface area contributed by atoms with Crippen molar-refractivity contribution < 1.29 is 18.7 Å². The molecule has 1 aromatic carbocycles. The molecule has 1 atom stereocenters. The number of piperidine rings is 1. The van der Waals surface area contributed by atoms with Gasteiger partial charge in [-0.3, -0.25) is 9.59 Å². The largest absolute Gasteiger partial charge is 0.484 e. The van der Waals surface area contributed by atoms with Crippen molar-refractivity contribution in [2.24, 2.45) is 0 Å². The summed E-state index contributed by atoms with van der Waals surface area (Å²) in [6.07, 6.45) is 3.15. The quantitative estimate of drug-likeness (QED) is 0.750. The number of likely N-dealkylation sites (tertiary alicyclic amines) is 1. The van der Waals surface area contributed by atoms with Crippen LogP contribution in [0.3, 0.4) is 0 Å². The van der Waals surface area contributed by atoms with Crippen molar-refractivity contribution in [3.63, 3.8) is 0 Å². The summed E-state index contributed by atoms with van der Waals surface area (Å²) in [6, 6.07) is 7.51. The van der Waals surface area contributed by atoms with Gasteiger partial charge in [-0.15, -0.1) is 0 Å². The van der Waals surface area contributed by atoms with Gasteiger partial charge in [0.2, 0.25) is 5.91 Å². The Morgan fingerprint density at radius 2 is 1.93 bits per heavy atom. The molecule has 1 N–H and O–H groups in total. The van der Waals surface area contributed by atoms with Crippen LogP contribution < -0.4 is 10.1 Å². The minimum Gasteiger partial charge on any atom is -0.484 e. The van der Waals surface area contributed by atoms with Crippen LogP contribution in [0.5, 0.6) is 5.75 Å². The van der Waals surface area contributed by atoms with E-state index in [0.29, 0.717) is 21.6 Å². The molecular formula is C20H22Cl2N2O4. The van der Waals surface area contributed by atoms with Gasteiger partial charge in [0.25, 0.3) is 5.91 Å². The topological polar surface area (TPSA) is 71.8 Å². The fourth-order valence-electron chi connectivity index (χ4n) is 3.04. The Kier molecular flexibility index (Phi) is 6.86. The highest BCUT2D eigenvalue weighted by Gasteiger charge is 2.24. The van der Waals surface area contributed by atoms with Gasteiger partial charge in [-0.1, -0.05) is 23.2 Å². The van der Waals surface area contributed by atoms with E-state index in [1.165, 1.54) is 0 Å². The highest BCUT2D eigenvalue weighted by Crippen LogP contribution is 2.28. The molecular weight excluding hydrogens is 403 g/mol. The van der Waals surface area contributed by atoms with Crippen LogP contribution in [0.2, 0.25) is 10.0 Å². The van der Waals surface area contributed by atoms with Crippen LogP contribution in [0.15, 0.2) is 34.7 Å². The number of hydrogen-bond donors (Lipinski definition) is 1. The molecule has 0 bridgehead atoms. The van der Waals surface area contributed by atoms with Crippen molar-refractivity contribution in [3.05, 3.63) is 51.9 Å². The third-order valence-corrected chi connectivity index (χ3v) is 5.07. The molecule has 1 fully saturated rings. The van der Waals surface area contributed by atoms with Crippen LogP contribution in [0, 0.1) is 0 Å². The van der Waals surface area contributed by atoms with E-state index in [9.17, 15) is 9.59 Å². The van der Waals surface area contributed by atoms with Gasteiger partial charge in [0.15, 0.2) is 5.76 Å². The van der Waals surface area contributed by atoms with E-state index >= 15 is 0 Å². The standard InChI is InChI=1S/C20H22Cl2N2O4/c1-13(20(26)24-9-3-2-4-10-24)23-19(25)18-8-6-15(28-18)12-27-17-7-5-14(21)11-16(17)22/h5-8,11,13H,2-4,9-10,12H2,1H3,(H,23,25). The molecule has 0 spiro atoms. The minimum atomic E-state index is -0.608. The van der Waals surface area contributed by atoms with Gasteiger partial charge >= 0.3 is 0 Å². The van der Waals surface area contributed by atoms with Crippen LogP contribution in [-0.2, 0) is 11.4 Å². The Labute approximate surface area is 173 Å². The number of amides is 2. The summed E-state index contributed by atoms with van der Waals surface area (Å²) in [7, 11) is 0. The molecule has 1 aliphatic rings. The Balaban J connectivity index is 1.53. The second kappa shape index (κ2) is 9.34. The number of ether oxygens (including phenoxy) is 1. The van der Waals surface area contributed by atoms with E-state index in [2.05, 4.69) is 5.32 Å². The third kappa shape index (κ3) is 5.20. The number of benzene rings is 1. The lowest BCUT2D eigenvalue weighted by atomic mass is 10.1. The van der Waals surface area contributed by atoms with Gasteiger partial charge in [-0.2, -0.15) is 0 Å². The average molecular weight is 425 g/mol. The first-order valence-electron chi connectivity index (χ1n) is 9.20. The molecule has 0 saturated carbocycles. The summed E-state index contributed by atoms with van der Waals surface area (Å²) in [4.78, 5) is 26.6. The number of rotatable bonds is 6. The Morgan fingerprint density at radius 1 is 1.18 bits per heavy atom. The van der Waals surface area contributed by atoms with E-state index in [0.717, 1.165) is 32.4 Å². The first kappa shape index (κ1) is 20.6. The zero-order valence-corrected chi connectivity index (χ0v) is 17.1. The first-order valence-corrected chi connectivity index (χ1v) is 9.96. The molecule has 6 nitrogen and oxygen atoms in total. The molecule has 0 radical (unpaired) electrons. The minimum absolute atomic E-state index is 0.0689. The highest BCUT2D eigenvalue weighted by atomic mass is 35.5. The lowest BCUT2D eigenvalue weighted by Gasteiger charge is -2.29. The maximum atomic E-state index is 12.4. The molecule has 8 heteroatoms. The van der Waals surface area contributed by atoms with Crippen molar-refractivity contribution in [2.75, 3.05) is 13.1 Å². The molecule has 2 aromatic rings. The Bertz CT molecular complexity index is 846. The van der Waals surface area contributed by atoms with Crippen molar-refractivity contribution in [1.29, 1.82) is 0 Å². The van der Waals surface area contributed by atoms with Crippen LogP contribution in [-0.4, -0.2) is 35.8 Å². The fourth-order valence-corrected chi connectivity index (χ4v) is 3.50. The van der Waals surface area contributed by atoms with Crippen molar-refractivity contribution in [2.45, 2.75) is 38.8 Å².